The highest BCUT2D eigenvalue weighted by Gasteiger charge is 2.47. The number of carbonyl (C=O) groups excluding carboxylic acids is 1. The summed E-state index contributed by atoms with van der Waals surface area (Å²) >= 11 is 0. The first-order valence-corrected chi connectivity index (χ1v) is 10.00. The van der Waals surface area contributed by atoms with Gasteiger partial charge in [-0.15, -0.1) is 0 Å². The highest BCUT2D eigenvalue weighted by atomic mass is 16.5. The molecular formula is C19H27N3O4. The Bertz CT molecular complexity index is 667. The minimum absolute atomic E-state index is 0.0904. The van der Waals surface area contributed by atoms with Crippen molar-refractivity contribution >= 4 is 11.9 Å². The number of aryl methyl sites for hydroxylation is 1. The third-order valence-corrected chi connectivity index (χ3v) is 6.42. The number of nitrogens with zero attached hydrogens (tertiary/aromatic N) is 3. The van der Waals surface area contributed by atoms with E-state index < -0.39 is 12.0 Å². The number of likely N-dealkylation sites (tertiary alicyclic amines) is 1. The predicted octanol–water partition coefficient (Wildman–Crippen LogP) is 2.90. The average molecular weight is 361 g/mol. The molecule has 4 rings (SSSR count). The van der Waals surface area contributed by atoms with Gasteiger partial charge in [-0.05, 0) is 38.0 Å². The van der Waals surface area contributed by atoms with Gasteiger partial charge in [0.2, 0.25) is 11.8 Å². The van der Waals surface area contributed by atoms with Crippen LogP contribution in [0.25, 0.3) is 0 Å². The lowest BCUT2D eigenvalue weighted by molar-refractivity contribution is -0.149. The van der Waals surface area contributed by atoms with E-state index in [4.69, 9.17) is 4.52 Å². The highest BCUT2D eigenvalue weighted by molar-refractivity contribution is 5.84. The second-order valence-corrected chi connectivity index (χ2v) is 8.03. The van der Waals surface area contributed by atoms with Crippen molar-refractivity contribution in [1.82, 2.24) is 15.0 Å². The molecule has 3 atom stereocenters. The molecule has 0 spiro atoms. The summed E-state index contributed by atoms with van der Waals surface area (Å²) < 4.78 is 5.32. The van der Waals surface area contributed by atoms with Crippen LogP contribution in [-0.4, -0.2) is 44.1 Å². The zero-order valence-electron chi connectivity index (χ0n) is 15.1. The number of carboxylic acids is 1. The molecule has 7 heteroatoms. The van der Waals surface area contributed by atoms with Crippen molar-refractivity contribution in [3.8, 4) is 0 Å². The van der Waals surface area contributed by atoms with Crippen LogP contribution >= 0.6 is 0 Å². The number of rotatable bonds is 5. The number of aliphatic carboxylic acids is 1. The average Bonchev–Trinajstić information content (AvgIpc) is 3.37. The van der Waals surface area contributed by atoms with Gasteiger partial charge >= 0.3 is 5.97 Å². The maximum atomic E-state index is 12.8. The van der Waals surface area contributed by atoms with Crippen molar-refractivity contribution in [3.05, 3.63) is 11.7 Å². The minimum atomic E-state index is -0.881. The summed E-state index contributed by atoms with van der Waals surface area (Å²) in [6, 6.07) is -0.582. The Balaban J connectivity index is 1.39. The molecule has 1 aliphatic heterocycles. The first-order chi connectivity index (χ1) is 12.6. The lowest BCUT2D eigenvalue weighted by atomic mass is 9.84. The summed E-state index contributed by atoms with van der Waals surface area (Å²) in [7, 11) is 0. The van der Waals surface area contributed by atoms with Gasteiger partial charge < -0.3 is 14.5 Å². The molecule has 26 heavy (non-hydrogen) atoms. The number of fused-ring (bicyclic) bond motifs is 1. The van der Waals surface area contributed by atoms with Gasteiger partial charge in [0.1, 0.15) is 6.04 Å². The van der Waals surface area contributed by atoms with E-state index in [0.717, 1.165) is 44.3 Å². The van der Waals surface area contributed by atoms with E-state index in [9.17, 15) is 14.7 Å². The molecular weight excluding hydrogens is 334 g/mol. The molecule has 3 fully saturated rings. The molecule has 1 amide bonds. The van der Waals surface area contributed by atoms with Crippen molar-refractivity contribution in [2.45, 2.75) is 88.6 Å². The van der Waals surface area contributed by atoms with Crippen LogP contribution in [0.1, 0.15) is 81.8 Å². The molecule has 0 radical (unpaired) electrons. The summed E-state index contributed by atoms with van der Waals surface area (Å²) in [5, 5.41) is 13.6. The van der Waals surface area contributed by atoms with Gasteiger partial charge in [0.25, 0.3) is 0 Å². The monoisotopic (exact) mass is 361 g/mol. The first-order valence-electron chi connectivity index (χ1n) is 10.00. The number of carbonyl (C=O) groups is 2. The topological polar surface area (TPSA) is 96.5 Å². The van der Waals surface area contributed by atoms with Crippen LogP contribution in [0.5, 0.6) is 0 Å². The van der Waals surface area contributed by atoms with Crippen molar-refractivity contribution in [2.24, 2.45) is 5.92 Å². The van der Waals surface area contributed by atoms with Gasteiger partial charge in [0.05, 0.1) is 0 Å². The van der Waals surface area contributed by atoms with Crippen molar-refractivity contribution in [2.75, 3.05) is 0 Å². The zero-order chi connectivity index (χ0) is 18.1. The number of hydrogen-bond acceptors (Lipinski definition) is 5. The quantitative estimate of drug-likeness (QED) is 0.866. The van der Waals surface area contributed by atoms with E-state index in [1.54, 1.807) is 4.90 Å². The number of carboxylic acid groups (broad SMARTS) is 1. The molecule has 1 saturated heterocycles. The van der Waals surface area contributed by atoms with E-state index in [1.165, 1.54) is 12.8 Å². The highest BCUT2D eigenvalue weighted by Crippen LogP contribution is 2.40. The summed E-state index contributed by atoms with van der Waals surface area (Å²) in [6.07, 6.45) is 10.0. The van der Waals surface area contributed by atoms with Gasteiger partial charge in [-0.2, -0.15) is 4.98 Å². The predicted molar refractivity (Wildman–Crippen MR) is 92.5 cm³/mol. The van der Waals surface area contributed by atoms with Crippen LogP contribution in [0.2, 0.25) is 0 Å². The van der Waals surface area contributed by atoms with E-state index in [2.05, 4.69) is 10.1 Å². The maximum absolute atomic E-state index is 12.8. The summed E-state index contributed by atoms with van der Waals surface area (Å²) in [6.45, 7) is 0. The Morgan fingerprint density at radius 1 is 1.12 bits per heavy atom. The maximum Gasteiger partial charge on any atom is 0.326 e. The minimum Gasteiger partial charge on any atom is -0.480 e. The normalized spacial score (nSPS) is 29.1. The standard InChI is InChI=1S/C19H27N3O4/c23-17(10-9-16-20-18(21-26-16)12-5-1-2-6-12)22-14-8-4-3-7-13(14)11-15(22)19(24)25/h12-15H,1-11H2,(H,24,25)/t13-,14-,15+/m1/s1. The Labute approximate surface area is 153 Å². The van der Waals surface area contributed by atoms with Crippen molar-refractivity contribution < 1.29 is 19.2 Å². The van der Waals surface area contributed by atoms with Crippen LogP contribution in [0.3, 0.4) is 0 Å². The SMILES string of the molecule is O=C(O)[C@@H]1C[C@H]2CCCC[C@H]2N1C(=O)CCc1nc(C2CCCC2)no1. The fraction of sp³-hybridized carbons (Fsp3) is 0.789. The molecule has 3 aliphatic rings. The van der Waals surface area contributed by atoms with Crippen LogP contribution in [0, 0.1) is 5.92 Å². The van der Waals surface area contributed by atoms with Crippen LogP contribution in [0.15, 0.2) is 4.52 Å². The van der Waals surface area contributed by atoms with Gasteiger partial charge in [0, 0.05) is 24.8 Å². The molecule has 1 N–H and O–H groups in total. The summed E-state index contributed by atoms with van der Waals surface area (Å²) in [4.78, 5) is 30.6. The van der Waals surface area contributed by atoms with Gasteiger partial charge in [-0.25, -0.2) is 4.79 Å². The van der Waals surface area contributed by atoms with Gasteiger partial charge in [0.15, 0.2) is 5.82 Å². The van der Waals surface area contributed by atoms with E-state index >= 15 is 0 Å². The smallest absolute Gasteiger partial charge is 0.326 e. The molecule has 1 aromatic rings. The van der Waals surface area contributed by atoms with Crippen LogP contribution in [0.4, 0.5) is 0 Å². The van der Waals surface area contributed by atoms with E-state index in [-0.39, 0.29) is 18.4 Å². The molecule has 2 heterocycles. The van der Waals surface area contributed by atoms with Gasteiger partial charge in [-0.1, -0.05) is 30.8 Å². The fourth-order valence-electron chi connectivity index (χ4n) is 5.10. The Kier molecular flexibility index (Phi) is 4.96. The van der Waals surface area contributed by atoms with Gasteiger partial charge in [-0.3, -0.25) is 4.79 Å². The molecule has 0 bridgehead atoms. The Morgan fingerprint density at radius 3 is 2.62 bits per heavy atom. The third kappa shape index (κ3) is 3.35. The van der Waals surface area contributed by atoms with E-state index in [0.29, 0.717) is 30.6 Å². The third-order valence-electron chi connectivity index (χ3n) is 6.42. The van der Waals surface area contributed by atoms with E-state index in [1.807, 2.05) is 0 Å². The second kappa shape index (κ2) is 7.37. The van der Waals surface area contributed by atoms with Crippen LogP contribution < -0.4 is 0 Å². The van der Waals surface area contributed by atoms with Crippen molar-refractivity contribution in [1.29, 1.82) is 0 Å². The van der Waals surface area contributed by atoms with Crippen molar-refractivity contribution in [3.63, 3.8) is 0 Å². The lowest BCUT2D eigenvalue weighted by Crippen LogP contribution is -2.46. The molecule has 142 valence electrons. The Hall–Kier alpha value is -1.92. The lowest BCUT2D eigenvalue weighted by Gasteiger charge is -2.33. The fourth-order valence-corrected chi connectivity index (χ4v) is 5.10. The number of amides is 1. The second-order valence-electron chi connectivity index (χ2n) is 8.03. The summed E-state index contributed by atoms with van der Waals surface area (Å²) in [5.41, 5.74) is 0. The Morgan fingerprint density at radius 2 is 1.85 bits per heavy atom. The molecule has 0 unspecified atom stereocenters. The van der Waals surface area contributed by atoms with Crippen LogP contribution in [-0.2, 0) is 16.0 Å². The zero-order valence-corrected chi connectivity index (χ0v) is 15.1. The molecule has 0 aromatic carbocycles. The number of hydrogen-bond donors (Lipinski definition) is 1. The summed E-state index contributed by atoms with van der Waals surface area (Å²) in [5.74, 6) is 1.02. The molecule has 1 aromatic heterocycles. The molecule has 7 nitrogen and oxygen atoms in total. The molecule has 2 aliphatic carbocycles. The number of aromatic nitrogens is 2. The molecule has 2 saturated carbocycles. The largest absolute Gasteiger partial charge is 0.480 e. The first kappa shape index (κ1) is 17.5.